The van der Waals surface area contributed by atoms with Gasteiger partial charge in [0.05, 0.1) is 6.04 Å². The summed E-state index contributed by atoms with van der Waals surface area (Å²) in [5.41, 5.74) is 2.42. The third-order valence-electron chi connectivity index (χ3n) is 4.47. The molecule has 0 bridgehead atoms. The minimum atomic E-state index is -0.268. The van der Waals surface area contributed by atoms with Crippen LogP contribution in [0.2, 0.25) is 0 Å². The zero-order chi connectivity index (χ0) is 17.2. The van der Waals surface area contributed by atoms with Crippen LogP contribution in [0.25, 0.3) is 17.2 Å². The largest absolute Gasteiger partial charge is 0.437 e. The molecule has 0 N–H and O–H groups in total. The maximum Gasteiger partial charge on any atom is 0.247 e. The van der Waals surface area contributed by atoms with Gasteiger partial charge in [-0.3, -0.25) is 4.79 Å². The molecule has 1 fully saturated rings. The topological polar surface area (TPSA) is 46.3 Å². The van der Waals surface area contributed by atoms with Gasteiger partial charge in [-0.15, -0.1) is 0 Å². The Bertz CT molecular complexity index is 897. The third-order valence-corrected chi connectivity index (χ3v) is 4.47. The van der Waals surface area contributed by atoms with E-state index in [1.54, 1.807) is 18.2 Å². The van der Waals surface area contributed by atoms with E-state index in [9.17, 15) is 9.18 Å². The van der Waals surface area contributed by atoms with E-state index in [0.29, 0.717) is 18.0 Å². The van der Waals surface area contributed by atoms with Gasteiger partial charge in [-0.05, 0) is 42.7 Å². The van der Waals surface area contributed by atoms with E-state index < -0.39 is 0 Å². The smallest absolute Gasteiger partial charge is 0.247 e. The molecule has 0 aliphatic carbocycles. The summed E-state index contributed by atoms with van der Waals surface area (Å²) in [5, 5.41) is 0. The van der Waals surface area contributed by atoms with Gasteiger partial charge in [-0.1, -0.05) is 24.3 Å². The molecule has 1 aromatic heterocycles. The molecule has 3 aromatic rings. The van der Waals surface area contributed by atoms with E-state index in [0.717, 1.165) is 23.9 Å². The van der Waals surface area contributed by atoms with E-state index in [2.05, 4.69) is 4.98 Å². The average Bonchev–Trinajstić information content (AvgIpc) is 3.27. The molecule has 4 nitrogen and oxygen atoms in total. The number of hydrogen-bond acceptors (Lipinski definition) is 3. The van der Waals surface area contributed by atoms with Crippen molar-refractivity contribution in [3.63, 3.8) is 0 Å². The molecule has 4 rings (SSSR count). The fourth-order valence-corrected chi connectivity index (χ4v) is 3.26. The van der Waals surface area contributed by atoms with E-state index in [-0.39, 0.29) is 17.8 Å². The molecule has 1 atom stereocenters. The van der Waals surface area contributed by atoms with Crippen molar-refractivity contribution in [1.29, 1.82) is 0 Å². The van der Waals surface area contributed by atoms with Crippen LogP contribution in [-0.4, -0.2) is 22.3 Å². The molecule has 1 aliphatic heterocycles. The van der Waals surface area contributed by atoms with Crippen molar-refractivity contribution in [2.45, 2.75) is 18.9 Å². The summed E-state index contributed by atoms with van der Waals surface area (Å²) in [5.74, 6) is 0.0524. The van der Waals surface area contributed by atoms with Crippen LogP contribution in [0.1, 0.15) is 30.3 Å². The number of amides is 1. The summed E-state index contributed by atoms with van der Waals surface area (Å²) in [6.07, 6.45) is 4.91. The van der Waals surface area contributed by atoms with Gasteiger partial charge in [-0.2, -0.15) is 0 Å². The number of nitrogens with zero attached hydrogens (tertiary/aromatic N) is 2. The highest BCUT2D eigenvalue weighted by Crippen LogP contribution is 2.32. The Labute approximate surface area is 144 Å². The second-order valence-electron chi connectivity index (χ2n) is 6.09. The molecule has 0 saturated carbocycles. The molecule has 5 heteroatoms. The predicted octanol–water partition coefficient (Wildman–Crippen LogP) is 4.34. The molecule has 2 heterocycles. The number of fused-ring (bicyclic) bond motifs is 1. The zero-order valence-electron chi connectivity index (χ0n) is 13.6. The van der Waals surface area contributed by atoms with Crippen molar-refractivity contribution in [3.8, 4) is 0 Å². The molecular formula is C20H17FN2O2. The molecule has 1 saturated heterocycles. The van der Waals surface area contributed by atoms with Gasteiger partial charge >= 0.3 is 0 Å². The lowest BCUT2D eigenvalue weighted by Crippen LogP contribution is -2.28. The Kier molecular flexibility index (Phi) is 4.06. The molecule has 1 aliphatic rings. The first kappa shape index (κ1) is 15.6. The molecule has 1 unspecified atom stereocenters. The van der Waals surface area contributed by atoms with Crippen molar-refractivity contribution in [1.82, 2.24) is 9.88 Å². The van der Waals surface area contributed by atoms with Gasteiger partial charge < -0.3 is 9.32 Å². The number of carbonyl (C=O) groups excluding carboxylic acids is 1. The Morgan fingerprint density at radius 1 is 1.20 bits per heavy atom. The molecule has 126 valence electrons. The SMILES string of the molecule is O=C(/C=C/c1nc2ccccc2o1)N1CCCC1c1ccc(F)cc1. The standard InChI is InChI=1S/C20H17FN2O2/c21-15-9-7-14(8-10-15)17-5-3-13-23(17)20(24)12-11-19-22-16-4-1-2-6-18(16)25-19/h1-2,4,6-12,17H,3,5,13H2/b12-11+. The summed E-state index contributed by atoms with van der Waals surface area (Å²) in [7, 11) is 0. The zero-order valence-corrected chi connectivity index (χ0v) is 13.6. The van der Waals surface area contributed by atoms with E-state index >= 15 is 0 Å². The minimum absolute atomic E-state index is 0.0126. The number of benzene rings is 2. The number of likely N-dealkylation sites (tertiary alicyclic amines) is 1. The Morgan fingerprint density at radius 3 is 2.80 bits per heavy atom. The van der Waals surface area contributed by atoms with Crippen molar-refractivity contribution < 1.29 is 13.6 Å². The summed E-state index contributed by atoms with van der Waals surface area (Å²) in [6, 6.07) is 13.8. The quantitative estimate of drug-likeness (QED) is 0.668. The summed E-state index contributed by atoms with van der Waals surface area (Å²) >= 11 is 0. The monoisotopic (exact) mass is 336 g/mol. The van der Waals surface area contributed by atoms with Crippen molar-refractivity contribution in [2.24, 2.45) is 0 Å². The van der Waals surface area contributed by atoms with Gasteiger partial charge in [0.15, 0.2) is 5.58 Å². The Balaban J connectivity index is 1.52. The van der Waals surface area contributed by atoms with Crippen LogP contribution in [-0.2, 0) is 4.79 Å². The molecule has 25 heavy (non-hydrogen) atoms. The number of carbonyl (C=O) groups is 1. The number of oxazole rings is 1. The molecule has 0 radical (unpaired) electrons. The Morgan fingerprint density at radius 2 is 2.00 bits per heavy atom. The normalized spacial score (nSPS) is 17.6. The van der Waals surface area contributed by atoms with Gasteiger partial charge in [0.1, 0.15) is 11.3 Å². The first-order valence-electron chi connectivity index (χ1n) is 8.30. The van der Waals surface area contributed by atoms with Crippen LogP contribution in [0.4, 0.5) is 4.39 Å². The summed E-state index contributed by atoms with van der Waals surface area (Å²) < 4.78 is 18.7. The summed E-state index contributed by atoms with van der Waals surface area (Å²) in [4.78, 5) is 18.7. The number of aromatic nitrogens is 1. The highest BCUT2D eigenvalue weighted by molar-refractivity contribution is 5.92. The highest BCUT2D eigenvalue weighted by atomic mass is 19.1. The predicted molar refractivity (Wildman–Crippen MR) is 93.1 cm³/mol. The van der Waals surface area contributed by atoms with Gasteiger partial charge in [-0.25, -0.2) is 9.37 Å². The highest BCUT2D eigenvalue weighted by Gasteiger charge is 2.28. The average molecular weight is 336 g/mol. The first-order chi connectivity index (χ1) is 12.2. The van der Waals surface area contributed by atoms with Gasteiger partial charge in [0, 0.05) is 18.7 Å². The number of halogens is 1. The summed E-state index contributed by atoms with van der Waals surface area (Å²) in [6.45, 7) is 0.693. The first-order valence-corrected chi connectivity index (χ1v) is 8.30. The maximum atomic E-state index is 13.1. The lowest BCUT2D eigenvalue weighted by Gasteiger charge is -2.23. The lowest BCUT2D eigenvalue weighted by molar-refractivity contribution is -0.126. The number of para-hydroxylation sites is 2. The second kappa shape index (κ2) is 6.51. The maximum absolute atomic E-state index is 13.1. The van der Waals surface area contributed by atoms with Crippen molar-refractivity contribution in [2.75, 3.05) is 6.54 Å². The van der Waals surface area contributed by atoms with Gasteiger partial charge in [0.2, 0.25) is 11.8 Å². The van der Waals surface area contributed by atoms with E-state index in [1.165, 1.54) is 18.2 Å². The Hall–Kier alpha value is -2.95. The molecule has 1 amide bonds. The van der Waals surface area contributed by atoms with Crippen molar-refractivity contribution >= 4 is 23.1 Å². The van der Waals surface area contributed by atoms with Gasteiger partial charge in [0.25, 0.3) is 0 Å². The second-order valence-corrected chi connectivity index (χ2v) is 6.09. The molecule has 2 aromatic carbocycles. The van der Waals surface area contributed by atoms with Crippen LogP contribution in [0.15, 0.2) is 59.0 Å². The fourth-order valence-electron chi connectivity index (χ4n) is 3.26. The van der Waals surface area contributed by atoms with Crippen LogP contribution in [0, 0.1) is 5.82 Å². The fraction of sp³-hybridized carbons (Fsp3) is 0.200. The minimum Gasteiger partial charge on any atom is -0.437 e. The number of hydrogen-bond donors (Lipinski definition) is 0. The third kappa shape index (κ3) is 3.18. The number of rotatable bonds is 3. The van der Waals surface area contributed by atoms with Crippen molar-refractivity contribution in [3.05, 3.63) is 71.9 Å². The van der Waals surface area contributed by atoms with E-state index in [1.807, 2.05) is 29.2 Å². The lowest BCUT2D eigenvalue weighted by atomic mass is 10.0. The van der Waals surface area contributed by atoms with E-state index in [4.69, 9.17) is 4.42 Å². The van der Waals surface area contributed by atoms with Crippen LogP contribution < -0.4 is 0 Å². The molecule has 0 spiro atoms. The van der Waals surface area contributed by atoms with Crippen LogP contribution in [0.3, 0.4) is 0 Å². The molecular weight excluding hydrogens is 319 g/mol. The van der Waals surface area contributed by atoms with Crippen LogP contribution in [0.5, 0.6) is 0 Å². The van der Waals surface area contributed by atoms with Crippen LogP contribution >= 0.6 is 0 Å².